The summed E-state index contributed by atoms with van der Waals surface area (Å²) >= 11 is 0. The van der Waals surface area contributed by atoms with Gasteiger partial charge in [-0.3, -0.25) is 4.84 Å². The SMILES string of the molecule is CC(C)ON1CCC(c2ccccc2)(c2nccn2Cc2ccccc2)CC1=C=O. The van der Waals surface area contributed by atoms with Crippen molar-refractivity contribution in [2.45, 2.75) is 44.8 Å². The molecule has 1 saturated heterocycles. The molecule has 0 saturated carbocycles. The summed E-state index contributed by atoms with van der Waals surface area (Å²) in [6.45, 7) is 5.27. The van der Waals surface area contributed by atoms with E-state index in [0.717, 1.165) is 24.4 Å². The first kappa shape index (κ1) is 20.1. The molecule has 0 N–H and O–H groups in total. The van der Waals surface area contributed by atoms with Gasteiger partial charge in [0, 0.05) is 31.9 Å². The number of hydroxylamine groups is 2. The molecular formula is C25H27N3O2. The average molecular weight is 402 g/mol. The molecule has 5 nitrogen and oxygen atoms in total. The number of aromatic nitrogens is 2. The molecule has 1 fully saturated rings. The monoisotopic (exact) mass is 401 g/mol. The molecule has 0 aliphatic carbocycles. The van der Waals surface area contributed by atoms with E-state index in [0.29, 0.717) is 18.7 Å². The lowest BCUT2D eigenvalue weighted by molar-refractivity contribution is -0.174. The molecule has 3 aromatic rings. The van der Waals surface area contributed by atoms with Crippen LogP contribution in [0.3, 0.4) is 0 Å². The van der Waals surface area contributed by atoms with E-state index < -0.39 is 5.41 Å². The van der Waals surface area contributed by atoms with E-state index in [9.17, 15) is 4.79 Å². The molecule has 0 radical (unpaired) electrons. The van der Waals surface area contributed by atoms with E-state index in [1.807, 2.05) is 62.6 Å². The van der Waals surface area contributed by atoms with Crippen LogP contribution in [0.2, 0.25) is 0 Å². The first-order valence-corrected chi connectivity index (χ1v) is 10.4. The molecule has 5 heteroatoms. The summed E-state index contributed by atoms with van der Waals surface area (Å²) in [4.78, 5) is 22.6. The van der Waals surface area contributed by atoms with Gasteiger partial charge in [-0.15, -0.1) is 0 Å². The Balaban J connectivity index is 1.77. The van der Waals surface area contributed by atoms with Gasteiger partial charge in [0.25, 0.3) is 0 Å². The van der Waals surface area contributed by atoms with Crippen molar-refractivity contribution < 1.29 is 9.63 Å². The van der Waals surface area contributed by atoms with Crippen molar-refractivity contribution in [2.24, 2.45) is 0 Å². The summed E-state index contributed by atoms with van der Waals surface area (Å²) in [5.41, 5.74) is 2.49. The van der Waals surface area contributed by atoms with Gasteiger partial charge in [-0.05, 0) is 31.4 Å². The Morgan fingerprint density at radius 3 is 2.47 bits per heavy atom. The molecule has 1 aliphatic heterocycles. The standard InChI is InChI=1S/C25H27N3O2/c1-20(2)30-28-15-13-25(17-23(28)19-29,22-11-7-4-8-12-22)24-26-14-16-27(24)18-21-9-5-3-6-10-21/h3-12,14,16,20H,13,15,17-18H2,1-2H3. The number of hydrogen-bond donors (Lipinski definition) is 0. The number of imidazole rings is 1. The molecule has 2 heterocycles. The third-order valence-corrected chi connectivity index (χ3v) is 5.63. The van der Waals surface area contributed by atoms with Gasteiger partial charge in [0.05, 0.1) is 11.5 Å². The fourth-order valence-corrected chi connectivity index (χ4v) is 4.31. The molecule has 1 unspecified atom stereocenters. The summed E-state index contributed by atoms with van der Waals surface area (Å²) in [6, 6.07) is 20.7. The van der Waals surface area contributed by atoms with E-state index in [2.05, 4.69) is 34.8 Å². The lowest BCUT2D eigenvalue weighted by Gasteiger charge is -2.42. The average Bonchev–Trinajstić information content (AvgIpc) is 3.24. The van der Waals surface area contributed by atoms with Crippen LogP contribution in [0.1, 0.15) is 43.6 Å². The maximum Gasteiger partial charge on any atom is 0.148 e. The highest BCUT2D eigenvalue weighted by molar-refractivity contribution is 5.54. The minimum atomic E-state index is -0.414. The Kier molecular flexibility index (Phi) is 5.84. The van der Waals surface area contributed by atoms with Crippen LogP contribution in [-0.4, -0.2) is 33.2 Å². The first-order chi connectivity index (χ1) is 14.6. The highest BCUT2D eigenvalue weighted by atomic mass is 16.7. The number of nitrogens with zero attached hydrogens (tertiary/aromatic N) is 3. The topological polar surface area (TPSA) is 47.4 Å². The van der Waals surface area contributed by atoms with Crippen molar-refractivity contribution in [3.8, 4) is 0 Å². The van der Waals surface area contributed by atoms with E-state index in [1.54, 1.807) is 5.06 Å². The molecular weight excluding hydrogens is 374 g/mol. The molecule has 0 bridgehead atoms. The maximum absolute atomic E-state index is 11.9. The second-order valence-corrected chi connectivity index (χ2v) is 8.04. The highest BCUT2D eigenvalue weighted by Crippen LogP contribution is 2.44. The zero-order chi connectivity index (χ0) is 21.0. The second kappa shape index (κ2) is 8.70. The van der Waals surface area contributed by atoms with Crippen LogP contribution in [0.25, 0.3) is 0 Å². The summed E-state index contributed by atoms with van der Waals surface area (Å²) < 4.78 is 2.20. The summed E-state index contributed by atoms with van der Waals surface area (Å²) in [5, 5.41) is 1.71. The smallest absolute Gasteiger partial charge is 0.148 e. The van der Waals surface area contributed by atoms with Crippen molar-refractivity contribution >= 4 is 5.94 Å². The number of hydrogen-bond acceptors (Lipinski definition) is 4. The van der Waals surface area contributed by atoms with Crippen molar-refractivity contribution in [2.75, 3.05) is 6.54 Å². The Labute approximate surface area is 177 Å². The highest BCUT2D eigenvalue weighted by Gasteiger charge is 2.44. The molecule has 30 heavy (non-hydrogen) atoms. The quantitative estimate of drug-likeness (QED) is 0.576. The van der Waals surface area contributed by atoms with Crippen molar-refractivity contribution in [3.63, 3.8) is 0 Å². The van der Waals surface area contributed by atoms with Gasteiger partial charge in [0.2, 0.25) is 0 Å². The molecule has 0 spiro atoms. The lowest BCUT2D eigenvalue weighted by atomic mass is 9.71. The summed E-state index contributed by atoms with van der Waals surface area (Å²) in [5.74, 6) is 3.11. The number of carbonyl (C=O) groups excluding carboxylic acids is 1. The van der Waals surface area contributed by atoms with E-state index in [1.165, 1.54) is 5.56 Å². The molecule has 0 amide bonds. The van der Waals surface area contributed by atoms with E-state index in [-0.39, 0.29) is 6.10 Å². The predicted molar refractivity (Wildman–Crippen MR) is 116 cm³/mol. The van der Waals surface area contributed by atoms with Crippen LogP contribution < -0.4 is 0 Å². The van der Waals surface area contributed by atoms with E-state index in [4.69, 9.17) is 9.82 Å². The van der Waals surface area contributed by atoms with Crippen LogP contribution in [0.4, 0.5) is 0 Å². The van der Waals surface area contributed by atoms with Crippen molar-refractivity contribution in [1.82, 2.24) is 14.6 Å². The normalized spacial score (nSPS) is 19.2. The third kappa shape index (κ3) is 3.95. The summed E-state index contributed by atoms with van der Waals surface area (Å²) in [6.07, 6.45) is 5.16. The van der Waals surface area contributed by atoms with Crippen LogP contribution in [0.15, 0.2) is 78.8 Å². The minimum absolute atomic E-state index is 0.00218. The maximum atomic E-state index is 11.9. The predicted octanol–water partition coefficient (Wildman–Crippen LogP) is 4.37. The Morgan fingerprint density at radius 2 is 1.80 bits per heavy atom. The zero-order valence-corrected chi connectivity index (χ0v) is 17.5. The number of piperidine rings is 1. The molecule has 1 aliphatic rings. The second-order valence-electron chi connectivity index (χ2n) is 8.04. The Hall–Kier alpha value is -3.14. The van der Waals surface area contributed by atoms with Gasteiger partial charge < -0.3 is 4.57 Å². The number of allylic oxidation sites excluding steroid dienone is 1. The van der Waals surface area contributed by atoms with Crippen LogP contribution in [0.5, 0.6) is 0 Å². The van der Waals surface area contributed by atoms with Crippen molar-refractivity contribution in [3.05, 3.63) is 95.7 Å². The van der Waals surface area contributed by atoms with Crippen LogP contribution in [-0.2, 0) is 21.6 Å². The fourth-order valence-electron chi connectivity index (χ4n) is 4.31. The largest absolute Gasteiger partial charge is 0.330 e. The van der Waals surface area contributed by atoms with Gasteiger partial charge in [0.1, 0.15) is 17.5 Å². The lowest BCUT2D eigenvalue weighted by Crippen LogP contribution is -2.44. The van der Waals surface area contributed by atoms with Crippen LogP contribution >= 0.6 is 0 Å². The summed E-state index contributed by atoms with van der Waals surface area (Å²) in [7, 11) is 0. The number of rotatable bonds is 6. The zero-order valence-electron chi connectivity index (χ0n) is 17.5. The minimum Gasteiger partial charge on any atom is -0.330 e. The Bertz CT molecular complexity index is 1020. The molecule has 1 atom stereocenters. The third-order valence-electron chi connectivity index (χ3n) is 5.63. The van der Waals surface area contributed by atoms with Gasteiger partial charge in [0.15, 0.2) is 0 Å². The van der Waals surface area contributed by atoms with Gasteiger partial charge in [-0.25, -0.2) is 14.8 Å². The number of benzene rings is 2. The van der Waals surface area contributed by atoms with Gasteiger partial charge in [-0.2, -0.15) is 0 Å². The molecule has 2 aromatic carbocycles. The van der Waals surface area contributed by atoms with Crippen LogP contribution in [0, 0.1) is 0 Å². The van der Waals surface area contributed by atoms with E-state index >= 15 is 0 Å². The molecule has 1 aromatic heterocycles. The molecule has 154 valence electrons. The van der Waals surface area contributed by atoms with Crippen molar-refractivity contribution in [1.29, 1.82) is 0 Å². The Morgan fingerprint density at radius 1 is 1.10 bits per heavy atom. The fraction of sp³-hybridized carbons (Fsp3) is 0.320. The molecule has 4 rings (SSSR count). The van der Waals surface area contributed by atoms with Gasteiger partial charge >= 0.3 is 0 Å². The van der Waals surface area contributed by atoms with Gasteiger partial charge in [-0.1, -0.05) is 60.7 Å². The first-order valence-electron chi connectivity index (χ1n) is 10.4.